The number of hydrogen-bond acceptors (Lipinski definition) is 4. The molecule has 22 heavy (non-hydrogen) atoms. The average Bonchev–Trinajstić information content (AvgIpc) is 2.50. The molecule has 0 heterocycles. The monoisotopic (exact) mass is 305 g/mol. The predicted molar refractivity (Wildman–Crippen MR) is 82.5 cm³/mol. The number of phenolic OH excluding ortho intramolecular Hbond substituents is 1. The number of amides is 1. The van der Waals surface area contributed by atoms with Crippen LogP contribution in [0.5, 0.6) is 5.75 Å². The third kappa shape index (κ3) is 4.00. The number of carbonyl (C=O) groups excluding carboxylic acids is 2. The van der Waals surface area contributed by atoms with Gasteiger partial charge in [0, 0.05) is 6.04 Å². The molecule has 0 unspecified atom stereocenters. The molecule has 0 aliphatic heterocycles. The zero-order chi connectivity index (χ0) is 16.1. The van der Waals surface area contributed by atoms with Gasteiger partial charge in [-0.15, -0.1) is 0 Å². The second kappa shape index (κ2) is 7.29. The van der Waals surface area contributed by atoms with Gasteiger partial charge in [-0.25, -0.2) is 4.79 Å². The fourth-order valence-electron chi connectivity index (χ4n) is 2.89. The minimum Gasteiger partial charge on any atom is -0.507 e. The van der Waals surface area contributed by atoms with Crippen molar-refractivity contribution >= 4 is 11.9 Å². The van der Waals surface area contributed by atoms with Crippen molar-refractivity contribution in [2.24, 2.45) is 11.8 Å². The van der Waals surface area contributed by atoms with Crippen LogP contribution < -0.4 is 5.32 Å². The van der Waals surface area contributed by atoms with Gasteiger partial charge in [0.05, 0.1) is 0 Å². The summed E-state index contributed by atoms with van der Waals surface area (Å²) in [6, 6.07) is 6.24. The molecule has 0 saturated heterocycles. The smallest absolute Gasteiger partial charge is 0.342 e. The fraction of sp³-hybridized carbons (Fsp3) is 0.529. The highest BCUT2D eigenvalue weighted by Gasteiger charge is 2.28. The molecular weight excluding hydrogens is 282 g/mol. The first-order valence-electron chi connectivity index (χ1n) is 7.73. The standard InChI is InChI=1S/C17H23NO4/c1-11-6-5-8-14(12(11)2)18-16(20)10-22-17(21)13-7-3-4-9-15(13)19/h3-4,7,9,11-12,14,19H,5-6,8,10H2,1-2H3,(H,18,20)/t11-,12-,14-/m1/s1. The summed E-state index contributed by atoms with van der Waals surface area (Å²) in [6.07, 6.45) is 3.26. The topological polar surface area (TPSA) is 75.6 Å². The largest absolute Gasteiger partial charge is 0.507 e. The van der Waals surface area contributed by atoms with Crippen LogP contribution in [0.15, 0.2) is 24.3 Å². The van der Waals surface area contributed by atoms with Gasteiger partial charge in [0.1, 0.15) is 11.3 Å². The summed E-state index contributed by atoms with van der Waals surface area (Å²) in [5, 5.41) is 12.5. The van der Waals surface area contributed by atoms with E-state index in [1.165, 1.54) is 18.6 Å². The van der Waals surface area contributed by atoms with E-state index in [-0.39, 0.29) is 29.9 Å². The number of para-hydroxylation sites is 1. The first-order chi connectivity index (χ1) is 10.5. The average molecular weight is 305 g/mol. The molecule has 5 nitrogen and oxygen atoms in total. The number of nitrogens with one attached hydrogen (secondary N) is 1. The molecule has 1 aliphatic carbocycles. The van der Waals surface area contributed by atoms with Crippen molar-refractivity contribution in [3.05, 3.63) is 29.8 Å². The van der Waals surface area contributed by atoms with E-state index < -0.39 is 5.97 Å². The Morgan fingerprint density at radius 1 is 1.27 bits per heavy atom. The summed E-state index contributed by atoms with van der Waals surface area (Å²) >= 11 is 0. The lowest BCUT2D eigenvalue weighted by Gasteiger charge is -2.34. The van der Waals surface area contributed by atoms with Gasteiger partial charge in [0.2, 0.25) is 0 Å². The van der Waals surface area contributed by atoms with Crippen LogP contribution in [0.2, 0.25) is 0 Å². The third-order valence-corrected chi connectivity index (χ3v) is 4.51. The maximum atomic E-state index is 11.9. The predicted octanol–water partition coefficient (Wildman–Crippen LogP) is 2.49. The highest BCUT2D eigenvalue weighted by molar-refractivity contribution is 5.93. The Labute approximate surface area is 130 Å². The Morgan fingerprint density at radius 2 is 2.00 bits per heavy atom. The minimum absolute atomic E-state index is 0.0648. The maximum absolute atomic E-state index is 11.9. The number of hydrogen-bond donors (Lipinski definition) is 2. The Morgan fingerprint density at radius 3 is 2.73 bits per heavy atom. The van der Waals surface area contributed by atoms with Crippen molar-refractivity contribution < 1.29 is 19.4 Å². The van der Waals surface area contributed by atoms with Crippen molar-refractivity contribution in [2.75, 3.05) is 6.61 Å². The first kappa shape index (κ1) is 16.3. The maximum Gasteiger partial charge on any atom is 0.342 e. The Hall–Kier alpha value is -2.04. The Kier molecular flexibility index (Phi) is 5.41. The highest BCUT2D eigenvalue weighted by atomic mass is 16.5. The van der Waals surface area contributed by atoms with E-state index in [0.717, 1.165) is 12.8 Å². The van der Waals surface area contributed by atoms with Crippen LogP contribution >= 0.6 is 0 Å². The number of phenols is 1. The van der Waals surface area contributed by atoms with Crippen LogP contribution in [0, 0.1) is 11.8 Å². The molecule has 3 atom stereocenters. The van der Waals surface area contributed by atoms with Crippen LogP contribution in [-0.4, -0.2) is 29.6 Å². The van der Waals surface area contributed by atoms with Crippen LogP contribution in [0.4, 0.5) is 0 Å². The van der Waals surface area contributed by atoms with Gasteiger partial charge in [-0.1, -0.05) is 38.8 Å². The van der Waals surface area contributed by atoms with Crippen molar-refractivity contribution in [1.82, 2.24) is 5.32 Å². The van der Waals surface area contributed by atoms with Gasteiger partial charge in [0.25, 0.3) is 5.91 Å². The molecule has 1 aromatic carbocycles. The molecule has 1 aliphatic rings. The van der Waals surface area contributed by atoms with Crippen LogP contribution in [0.1, 0.15) is 43.5 Å². The molecule has 0 aromatic heterocycles. The molecule has 1 amide bonds. The van der Waals surface area contributed by atoms with Crippen molar-refractivity contribution in [3.8, 4) is 5.75 Å². The Balaban J connectivity index is 1.83. The van der Waals surface area contributed by atoms with E-state index in [9.17, 15) is 14.7 Å². The molecule has 1 aromatic rings. The van der Waals surface area contributed by atoms with Gasteiger partial charge in [-0.05, 0) is 30.4 Å². The lowest BCUT2D eigenvalue weighted by Crippen LogP contribution is -2.45. The zero-order valence-corrected chi connectivity index (χ0v) is 13.0. The second-order valence-electron chi connectivity index (χ2n) is 6.03. The zero-order valence-electron chi connectivity index (χ0n) is 13.0. The molecule has 0 spiro atoms. The molecular formula is C17H23NO4. The molecule has 1 saturated carbocycles. The summed E-state index contributed by atoms with van der Waals surface area (Å²) in [5.74, 6) is -0.134. The first-order valence-corrected chi connectivity index (χ1v) is 7.73. The second-order valence-corrected chi connectivity index (χ2v) is 6.03. The Bertz CT molecular complexity index is 543. The number of ether oxygens (including phenoxy) is 1. The summed E-state index contributed by atoms with van der Waals surface area (Å²) in [6.45, 7) is 4.01. The number of esters is 1. The SMILES string of the molecule is C[C@@H]1[C@H](C)CCC[C@H]1NC(=O)COC(=O)c1ccccc1O. The molecule has 5 heteroatoms. The summed E-state index contributed by atoms with van der Waals surface area (Å²) < 4.78 is 4.96. The minimum atomic E-state index is -0.696. The van der Waals surface area contributed by atoms with E-state index in [0.29, 0.717) is 11.8 Å². The van der Waals surface area contributed by atoms with E-state index in [1.807, 2.05) is 0 Å². The van der Waals surface area contributed by atoms with Crippen LogP contribution in [0.3, 0.4) is 0 Å². The molecule has 2 rings (SSSR count). The van der Waals surface area contributed by atoms with Crippen LogP contribution in [-0.2, 0) is 9.53 Å². The van der Waals surface area contributed by atoms with Crippen molar-refractivity contribution in [3.63, 3.8) is 0 Å². The van der Waals surface area contributed by atoms with E-state index in [2.05, 4.69) is 19.2 Å². The quantitative estimate of drug-likeness (QED) is 0.838. The van der Waals surface area contributed by atoms with Gasteiger partial charge in [-0.2, -0.15) is 0 Å². The summed E-state index contributed by atoms with van der Waals surface area (Å²) in [5.41, 5.74) is 0.0648. The van der Waals surface area contributed by atoms with Crippen LogP contribution in [0.25, 0.3) is 0 Å². The van der Waals surface area contributed by atoms with Crippen molar-refractivity contribution in [1.29, 1.82) is 0 Å². The molecule has 2 N–H and O–H groups in total. The van der Waals surface area contributed by atoms with Gasteiger partial charge in [0.15, 0.2) is 6.61 Å². The van der Waals surface area contributed by atoms with E-state index >= 15 is 0 Å². The van der Waals surface area contributed by atoms with Crippen molar-refractivity contribution in [2.45, 2.75) is 39.2 Å². The normalized spacial score (nSPS) is 24.5. The van der Waals surface area contributed by atoms with E-state index in [4.69, 9.17) is 4.74 Å². The lowest BCUT2D eigenvalue weighted by atomic mass is 9.78. The molecule has 0 radical (unpaired) electrons. The summed E-state index contributed by atoms with van der Waals surface area (Å²) in [7, 11) is 0. The molecule has 0 bridgehead atoms. The van der Waals surface area contributed by atoms with Gasteiger partial charge in [-0.3, -0.25) is 4.79 Å². The fourth-order valence-corrected chi connectivity index (χ4v) is 2.89. The van der Waals surface area contributed by atoms with Gasteiger partial charge >= 0.3 is 5.97 Å². The lowest BCUT2D eigenvalue weighted by molar-refractivity contribution is -0.125. The molecule has 1 fully saturated rings. The highest BCUT2D eigenvalue weighted by Crippen LogP contribution is 2.29. The number of benzene rings is 1. The number of aromatic hydroxyl groups is 1. The molecule has 120 valence electrons. The summed E-state index contributed by atoms with van der Waals surface area (Å²) in [4.78, 5) is 23.7. The number of rotatable bonds is 4. The van der Waals surface area contributed by atoms with Gasteiger partial charge < -0.3 is 15.2 Å². The number of carbonyl (C=O) groups is 2. The third-order valence-electron chi connectivity index (χ3n) is 4.51. The van der Waals surface area contributed by atoms with E-state index in [1.54, 1.807) is 12.1 Å².